The van der Waals surface area contributed by atoms with Gasteiger partial charge in [0.15, 0.2) is 0 Å². The minimum Gasteiger partial charge on any atom is -0.492 e. The summed E-state index contributed by atoms with van der Waals surface area (Å²) in [6.45, 7) is 0.662. The molecule has 0 saturated carbocycles. The molecule has 1 aromatic carbocycles. The first kappa shape index (κ1) is 9.03. The summed E-state index contributed by atoms with van der Waals surface area (Å²) in [5, 5.41) is 0. The van der Waals surface area contributed by atoms with Crippen LogP contribution in [0.1, 0.15) is 11.7 Å². The maximum absolute atomic E-state index is 5.54. The second-order valence-electron chi connectivity index (χ2n) is 3.02. The van der Waals surface area contributed by atoms with Crippen LogP contribution in [0.5, 0.6) is 5.75 Å². The minimum absolute atomic E-state index is 0.102. The van der Waals surface area contributed by atoms with Crippen molar-refractivity contribution < 1.29 is 9.47 Å². The number of methoxy groups -OCH3 is 1. The Bertz CT molecular complexity index is 301. The number of alkyl halides is 1. The Hall–Kier alpha value is -0.540. The summed E-state index contributed by atoms with van der Waals surface area (Å²) in [5.41, 5.74) is 1.12. The lowest BCUT2D eigenvalue weighted by Crippen LogP contribution is -2.27. The Balaban J connectivity index is 2.39. The van der Waals surface area contributed by atoms with Gasteiger partial charge in [-0.25, -0.2) is 0 Å². The predicted octanol–water partition coefficient (Wildman–Crippen LogP) is 2.53. The summed E-state index contributed by atoms with van der Waals surface area (Å²) in [6.07, 6.45) is 0.102. The fourth-order valence-corrected chi connectivity index (χ4v) is 2.21. The summed E-state index contributed by atoms with van der Waals surface area (Å²) in [4.78, 5) is 0.243. The molecule has 0 N–H and O–H groups in total. The summed E-state index contributed by atoms with van der Waals surface area (Å²) in [6, 6.07) is 7.98. The molecule has 0 aliphatic carbocycles. The normalized spacial score (nSPS) is 26.3. The van der Waals surface area contributed by atoms with Crippen molar-refractivity contribution in [2.24, 2.45) is 0 Å². The van der Waals surface area contributed by atoms with E-state index in [9.17, 15) is 0 Å². The molecule has 3 heteroatoms. The molecule has 0 unspecified atom stereocenters. The van der Waals surface area contributed by atoms with E-state index in [1.54, 1.807) is 7.11 Å². The van der Waals surface area contributed by atoms with Crippen LogP contribution < -0.4 is 4.74 Å². The molecule has 13 heavy (non-hydrogen) atoms. The zero-order valence-corrected chi connectivity index (χ0v) is 8.95. The van der Waals surface area contributed by atoms with Gasteiger partial charge in [0.2, 0.25) is 0 Å². The first-order valence-electron chi connectivity index (χ1n) is 4.21. The number of hydrogen-bond donors (Lipinski definition) is 0. The van der Waals surface area contributed by atoms with E-state index in [0.717, 1.165) is 11.3 Å². The molecule has 0 aromatic heterocycles. The van der Waals surface area contributed by atoms with Gasteiger partial charge in [-0.15, -0.1) is 0 Å². The first-order valence-corrected chi connectivity index (χ1v) is 5.13. The molecule has 2 nitrogen and oxygen atoms in total. The third kappa shape index (κ3) is 1.58. The highest BCUT2D eigenvalue weighted by molar-refractivity contribution is 9.09. The van der Waals surface area contributed by atoms with Crippen molar-refractivity contribution in [2.75, 3.05) is 13.7 Å². The van der Waals surface area contributed by atoms with Gasteiger partial charge in [0.1, 0.15) is 18.5 Å². The van der Waals surface area contributed by atoms with Gasteiger partial charge in [0.25, 0.3) is 0 Å². The summed E-state index contributed by atoms with van der Waals surface area (Å²) in [7, 11) is 1.72. The number of fused-ring (bicyclic) bond motifs is 1. The average Bonchev–Trinajstić information content (AvgIpc) is 2.18. The van der Waals surface area contributed by atoms with Gasteiger partial charge in [0, 0.05) is 12.7 Å². The second kappa shape index (κ2) is 3.68. The van der Waals surface area contributed by atoms with E-state index in [4.69, 9.17) is 9.47 Å². The van der Waals surface area contributed by atoms with Gasteiger partial charge in [-0.05, 0) is 6.07 Å². The van der Waals surface area contributed by atoms with E-state index in [1.165, 1.54) is 0 Å². The zero-order chi connectivity index (χ0) is 9.26. The molecule has 0 saturated heterocycles. The topological polar surface area (TPSA) is 18.5 Å². The van der Waals surface area contributed by atoms with Gasteiger partial charge in [0.05, 0.1) is 4.83 Å². The Morgan fingerprint density at radius 3 is 3.00 bits per heavy atom. The second-order valence-corrected chi connectivity index (χ2v) is 4.20. The number of rotatable bonds is 1. The van der Waals surface area contributed by atoms with Gasteiger partial charge < -0.3 is 9.47 Å². The monoisotopic (exact) mass is 242 g/mol. The van der Waals surface area contributed by atoms with Crippen LogP contribution in [0.25, 0.3) is 0 Å². The Kier molecular flexibility index (Phi) is 2.56. The molecular weight excluding hydrogens is 232 g/mol. The maximum Gasteiger partial charge on any atom is 0.125 e. The molecule has 0 radical (unpaired) electrons. The van der Waals surface area contributed by atoms with Crippen molar-refractivity contribution in [3.05, 3.63) is 29.8 Å². The maximum atomic E-state index is 5.54. The third-order valence-electron chi connectivity index (χ3n) is 2.21. The van der Waals surface area contributed by atoms with E-state index in [0.29, 0.717) is 6.61 Å². The van der Waals surface area contributed by atoms with Crippen molar-refractivity contribution in [3.63, 3.8) is 0 Å². The van der Waals surface area contributed by atoms with Gasteiger partial charge in [-0.1, -0.05) is 34.1 Å². The summed E-state index contributed by atoms with van der Waals surface area (Å²) < 4.78 is 10.9. The highest BCUT2D eigenvalue weighted by Crippen LogP contribution is 2.36. The van der Waals surface area contributed by atoms with E-state index in [1.807, 2.05) is 24.3 Å². The van der Waals surface area contributed by atoms with E-state index in [-0.39, 0.29) is 10.9 Å². The van der Waals surface area contributed by atoms with Crippen molar-refractivity contribution in [1.82, 2.24) is 0 Å². The molecule has 2 rings (SSSR count). The lowest BCUT2D eigenvalue weighted by Gasteiger charge is -2.28. The highest BCUT2D eigenvalue weighted by Gasteiger charge is 2.28. The molecule has 0 amide bonds. The minimum atomic E-state index is 0.102. The molecule has 0 fully saturated rings. The smallest absolute Gasteiger partial charge is 0.125 e. The Morgan fingerprint density at radius 2 is 2.23 bits per heavy atom. The third-order valence-corrected chi connectivity index (χ3v) is 2.95. The summed E-state index contributed by atoms with van der Waals surface area (Å²) >= 11 is 3.53. The van der Waals surface area contributed by atoms with Crippen molar-refractivity contribution in [3.8, 4) is 5.75 Å². The quantitative estimate of drug-likeness (QED) is 0.705. The van der Waals surface area contributed by atoms with Gasteiger partial charge >= 0.3 is 0 Å². The first-order chi connectivity index (χ1) is 6.33. The lowest BCUT2D eigenvalue weighted by atomic mass is 10.0. The number of halogens is 1. The van der Waals surface area contributed by atoms with E-state index < -0.39 is 0 Å². The molecule has 1 aliphatic heterocycles. The van der Waals surface area contributed by atoms with Crippen LogP contribution in [0, 0.1) is 0 Å². The fourth-order valence-electron chi connectivity index (χ4n) is 1.57. The molecule has 70 valence electrons. The molecule has 1 heterocycles. The summed E-state index contributed by atoms with van der Waals surface area (Å²) in [5.74, 6) is 0.935. The molecule has 2 atom stereocenters. The number of hydrogen-bond acceptors (Lipinski definition) is 2. The van der Waals surface area contributed by atoms with Gasteiger partial charge in [-0.2, -0.15) is 0 Å². The fraction of sp³-hybridized carbons (Fsp3) is 0.400. The van der Waals surface area contributed by atoms with Crippen LogP contribution in [-0.4, -0.2) is 18.5 Å². The van der Waals surface area contributed by atoms with Crippen LogP contribution in [0.3, 0.4) is 0 Å². The lowest BCUT2D eigenvalue weighted by molar-refractivity contribution is 0.0716. The van der Waals surface area contributed by atoms with Crippen LogP contribution in [0.15, 0.2) is 24.3 Å². The van der Waals surface area contributed by atoms with E-state index >= 15 is 0 Å². The SMILES string of the molecule is CO[C@@H]1c2ccccc2OC[C@H]1Br. The van der Waals surface area contributed by atoms with Crippen LogP contribution in [0.2, 0.25) is 0 Å². The number of benzene rings is 1. The van der Waals surface area contributed by atoms with Crippen molar-refractivity contribution >= 4 is 15.9 Å². The largest absolute Gasteiger partial charge is 0.492 e. The van der Waals surface area contributed by atoms with Crippen LogP contribution in [-0.2, 0) is 4.74 Å². The standard InChI is InChI=1S/C10H11BrO2/c1-12-10-7-4-2-3-5-9(7)13-6-8(10)11/h2-5,8,10H,6H2,1H3/t8-,10-/m1/s1. The zero-order valence-electron chi connectivity index (χ0n) is 7.37. The number of para-hydroxylation sites is 1. The van der Waals surface area contributed by atoms with Crippen LogP contribution >= 0.6 is 15.9 Å². The van der Waals surface area contributed by atoms with Crippen LogP contribution in [0.4, 0.5) is 0 Å². The molecule has 0 spiro atoms. The molecule has 0 bridgehead atoms. The average molecular weight is 243 g/mol. The molecular formula is C10H11BrO2. The Morgan fingerprint density at radius 1 is 1.46 bits per heavy atom. The highest BCUT2D eigenvalue weighted by atomic mass is 79.9. The van der Waals surface area contributed by atoms with Crippen molar-refractivity contribution in [2.45, 2.75) is 10.9 Å². The van der Waals surface area contributed by atoms with Gasteiger partial charge in [-0.3, -0.25) is 0 Å². The van der Waals surface area contributed by atoms with E-state index in [2.05, 4.69) is 15.9 Å². The number of ether oxygens (including phenoxy) is 2. The molecule has 1 aromatic rings. The molecule has 1 aliphatic rings. The predicted molar refractivity (Wildman–Crippen MR) is 54.4 cm³/mol. The van der Waals surface area contributed by atoms with Crippen molar-refractivity contribution in [1.29, 1.82) is 0 Å². The Labute approximate surface area is 86.0 Å².